The van der Waals surface area contributed by atoms with Crippen molar-refractivity contribution in [3.8, 4) is 17.0 Å². The summed E-state index contributed by atoms with van der Waals surface area (Å²) in [5.41, 5.74) is 11.3. The van der Waals surface area contributed by atoms with Gasteiger partial charge >= 0.3 is 0 Å². The average molecular weight is 498 g/mol. The smallest absolute Gasteiger partial charge is 0.231 e. The van der Waals surface area contributed by atoms with E-state index in [1.165, 1.54) is 0 Å². The fourth-order valence-electron chi connectivity index (χ4n) is 4.39. The van der Waals surface area contributed by atoms with Crippen LogP contribution in [0.4, 0.5) is 28.7 Å². The second kappa shape index (κ2) is 9.95. The van der Waals surface area contributed by atoms with Crippen molar-refractivity contribution in [2.75, 3.05) is 57.3 Å². The molecular weight excluding hydrogens is 466 g/mol. The first-order chi connectivity index (χ1) is 17.9. The number of nitrogens with two attached hydrogens (primary N) is 1. The lowest BCUT2D eigenvalue weighted by Gasteiger charge is -2.24. The molecule has 37 heavy (non-hydrogen) atoms. The van der Waals surface area contributed by atoms with Gasteiger partial charge in [-0.15, -0.1) is 0 Å². The van der Waals surface area contributed by atoms with Crippen molar-refractivity contribution in [2.24, 2.45) is 0 Å². The second-order valence-electron chi connectivity index (χ2n) is 9.56. The average Bonchev–Trinajstić information content (AvgIpc) is 3.67. The number of anilines is 4. The van der Waals surface area contributed by atoms with Crippen LogP contribution in [0.3, 0.4) is 0 Å². The molecule has 5 rings (SSSR count). The van der Waals surface area contributed by atoms with E-state index in [9.17, 15) is 0 Å². The fourth-order valence-corrected chi connectivity index (χ4v) is 4.39. The normalized spacial score (nSPS) is 13.1. The summed E-state index contributed by atoms with van der Waals surface area (Å²) in [5, 5.41) is 4.22. The fraction of sp³-hybridized carbons (Fsp3) is 0.333. The van der Waals surface area contributed by atoms with E-state index >= 15 is 0 Å². The molecule has 4 aromatic rings. The van der Waals surface area contributed by atoms with Crippen molar-refractivity contribution in [1.29, 1.82) is 0 Å². The van der Waals surface area contributed by atoms with E-state index in [1.54, 1.807) is 19.5 Å². The first-order valence-corrected chi connectivity index (χ1v) is 12.2. The van der Waals surface area contributed by atoms with Gasteiger partial charge in [0.2, 0.25) is 11.6 Å². The molecule has 0 radical (unpaired) electrons. The highest BCUT2D eigenvalue weighted by Gasteiger charge is 2.27. The second-order valence-corrected chi connectivity index (χ2v) is 9.56. The molecule has 0 aliphatic heterocycles. The van der Waals surface area contributed by atoms with Crippen molar-refractivity contribution < 1.29 is 4.74 Å². The molecule has 3 N–H and O–H groups in total. The minimum Gasteiger partial charge on any atom is -0.494 e. The van der Waals surface area contributed by atoms with E-state index in [4.69, 9.17) is 22.0 Å². The van der Waals surface area contributed by atoms with Gasteiger partial charge in [-0.05, 0) is 45.1 Å². The van der Waals surface area contributed by atoms with Crippen molar-refractivity contribution in [1.82, 2.24) is 24.4 Å². The highest BCUT2D eigenvalue weighted by Crippen LogP contribution is 2.42. The lowest BCUT2D eigenvalue weighted by Crippen LogP contribution is -2.29. The highest BCUT2D eigenvalue weighted by molar-refractivity contribution is 5.96. The molecular formula is C27H31N9O. The number of nitrogens with one attached hydrogen (secondary N) is 1. The van der Waals surface area contributed by atoms with Crippen LogP contribution in [0.15, 0.2) is 42.9 Å². The number of hydrogen-bond acceptors (Lipinski definition) is 8. The molecule has 1 saturated carbocycles. The lowest BCUT2D eigenvalue weighted by atomic mass is 10.1. The summed E-state index contributed by atoms with van der Waals surface area (Å²) < 4.78 is 7.87. The number of aromatic nitrogens is 4. The number of hydrogen-bond donors (Lipinski definition) is 2. The Hall–Kier alpha value is -4.36. The Labute approximate surface area is 216 Å². The van der Waals surface area contributed by atoms with Gasteiger partial charge in [0.15, 0.2) is 0 Å². The SMILES string of the molecule is [C-]#[N+]c1cnc(Nc2cc(N)c(N(C)CCN(C)C)cc2OC)nc1-c1cn(C2CC2)c2ncccc12. The monoisotopic (exact) mass is 497 g/mol. The predicted molar refractivity (Wildman–Crippen MR) is 148 cm³/mol. The van der Waals surface area contributed by atoms with Crippen LogP contribution >= 0.6 is 0 Å². The molecule has 190 valence electrons. The number of methoxy groups -OCH3 is 1. The van der Waals surface area contributed by atoms with E-state index in [0.29, 0.717) is 40.5 Å². The molecule has 0 amide bonds. The van der Waals surface area contributed by atoms with Crippen LogP contribution in [0.25, 0.3) is 27.1 Å². The molecule has 10 heteroatoms. The van der Waals surface area contributed by atoms with Gasteiger partial charge in [0.25, 0.3) is 0 Å². The van der Waals surface area contributed by atoms with E-state index in [0.717, 1.165) is 48.2 Å². The third-order valence-electron chi connectivity index (χ3n) is 6.56. The Balaban J connectivity index is 1.51. The van der Waals surface area contributed by atoms with Gasteiger partial charge in [-0.2, -0.15) is 0 Å². The molecule has 10 nitrogen and oxygen atoms in total. The Morgan fingerprint density at radius 1 is 1.22 bits per heavy atom. The number of pyridine rings is 1. The Bertz CT molecular complexity index is 1480. The number of benzene rings is 1. The zero-order valence-corrected chi connectivity index (χ0v) is 21.6. The summed E-state index contributed by atoms with van der Waals surface area (Å²) >= 11 is 0. The van der Waals surface area contributed by atoms with Crippen LogP contribution in [-0.2, 0) is 0 Å². The molecule has 3 heterocycles. The molecule has 1 aromatic carbocycles. The summed E-state index contributed by atoms with van der Waals surface area (Å²) in [4.78, 5) is 21.7. The largest absolute Gasteiger partial charge is 0.494 e. The summed E-state index contributed by atoms with van der Waals surface area (Å²) in [6.07, 6.45) is 7.67. The third kappa shape index (κ3) is 4.86. The number of ether oxygens (including phenoxy) is 1. The number of nitrogens with zero attached hydrogens (tertiary/aromatic N) is 7. The Morgan fingerprint density at radius 2 is 2.03 bits per heavy atom. The summed E-state index contributed by atoms with van der Waals surface area (Å²) in [5.74, 6) is 0.972. The minimum atomic E-state index is 0.352. The maximum Gasteiger partial charge on any atom is 0.231 e. The topological polar surface area (TPSA) is 102 Å². The van der Waals surface area contributed by atoms with Crippen LogP contribution in [0.5, 0.6) is 5.75 Å². The van der Waals surface area contributed by atoms with Crippen molar-refractivity contribution in [2.45, 2.75) is 18.9 Å². The van der Waals surface area contributed by atoms with E-state index in [-0.39, 0.29) is 0 Å². The van der Waals surface area contributed by atoms with Gasteiger partial charge in [-0.3, -0.25) is 0 Å². The first-order valence-electron chi connectivity index (χ1n) is 12.2. The first kappa shape index (κ1) is 24.3. The zero-order chi connectivity index (χ0) is 26.1. The summed E-state index contributed by atoms with van der Waals surface area (Å²) in [6, 6.07) is 8.12. The molecule has 1 aliphatic rings. The third-order valence-corrected chi connectivity index (χ3v) is 6.56. The molecule has 1 aliphatic carbocycles. The highest BCUT2D eigenvalue weighted by atomic mass is 16.5. The van der Waals surface area contributed by atoms with Gasteiger partial charge in [0, 0.05) is 61.8 Å². The van der Waals surface area contributed by atoms with Crippen molar-refractivity contribution >= 4 is 39.7 Å². The van der Waals surface area contributed by atoms with Crippen molar-refractivity contribution in [3.63, 3.8) is 0 Å². The van der Waals surface area contributed by atoms with Crippen LogP contribution in [0.2, 0.25) is 0 Å². The number of likely N-dealkylation sites (N-methyl/N-ethyl adjacent to an activating group) is 2. The number of fused-ring (bicyclic) bond motifs is 1. The molecule has 0 spiro atoms. The van der Waals surface area contributed by atoms with Gasteiger partial charge in [-0.25, -0.2) is 19.8 Å². The molecule has 3 aromatic heterocycles. The van der Waals surface area contributed by atoms with E-state index < -0.39 is 0 Å². The molecule has 0 atom stereocenters. The molecule has 0 saturated heterocycles. The standard InChI is InChI=1S/C27H31N9O/c1-29-22-15-31-27(32-21-13-20(28)23(14-24(21)37-5)35(4)12-11-34(2)3)33-25(22)19-16-36(17-8-9-17)26-18(19)7-6-10-30-26/h6-7,10,13-17H,8-9,11-12,28H2,2-5H3,(H,31,32,33). The minimum absolute atomic E-state index is 0.352. The lowest BCUT2D eigenvalue weighted by molar-refractivity contribution is 0.413. The maximum atomic E-state index is 7.71. The van der Waals surface area contributed by atoms with Crippen LogP contribution in [0.1, 0.15) is 18.9 Å². The number of rotatable bonds is 9. The van der Waals surface area contributed by atoms with Gasteiger partial charge in [-0.1, -0.05) is 0 Å². The quantitative estimate of drug-likeness (QED) is 0.253. The van der Waals surface area contributed by atoms with Crippen LogP contribution in [-0.4, -0.2) is 65.8 Å². The van der Waals surface area contributed by atoms with Gasteiger partial charge in [0.1, 0.15) is 11.4 Å². The zero-order valence-electron chi connectivity index (χ0n) is 21.6. The summed E-state index contributed by atoms with van der Waals surface area (Å²) in [6.45, 7) is 9.43. The maximum absolute atomic E-state index is 7.71. The van der Waals surface area contributed by atoms with E-state index in [2.05, 4.69) is 40.7 Å². The van der Waals surface area contributed by atoms with Crippen LogP contribution < -0.4 is 20.7 Å². The molecule has 0 unspecified atom stereocenters. The molecule has 0 bridgehead atoms. The van der Waals surface area contributed by atoms with Crippen molar-refractivity contribution in [3.05, 3.63) is 54.3 Å². The Morgan fingerprint density at radius 3 is 2.73 bits per heavy atom. The summed E-state index contributed by atoms with van der Waals surface area (Å²) in [7, 11) is 7.71. The molecule has 1 fully saturated rings. The predicted octanol–water partition coefficient (Wildman–Crippen LogP) is 4.71. The number of nitrogen functional groups attached to an aromatic ring is 1. The van der Waals surface area contributed by atoms with Gasteiger partial charge in [0.05, 0.1) is 36.4 Å². The van der Waals surface area contributed by atoms with Crippen LogP contribution in [0, 0.1) is 6.57 Å². The van der Waals surface area contributed by atoms with E-state index in [1.807, 2.05) is 45.4 Å². The Kier molecular flexibility index (Phi) is 6.54. The van der Waals surface area contributed by atoms with Gasteiger partial charge < -0.3 is 30.2 Å².